The molecular formula is C21H27N7O3. The average molecular weight is 425 g/mol. The lowest BCUT2D eigenvalue weighted by Gasteiger charge is -2.30. The van der Waals surface area contributed by atoms with Gasteiger partial charge in [-0.2, -0.15) is 0 Å². The van der Waals surface area contributed by atoms with Gasteiger partial charge in [0, 0.05) is 24.3 Å². The molecule has 6 N–H and O–H groups in total. The number of nitrogens with zero attached hydrogens (tertiary/aromatic N) is 3. The van der Waals surface area contributed by atoms with E-state index in [1.54, 1.807) is 29.2 Å². The van der Waals surface area contributed by atoms with Crippen LogP contribution in [-0.2, 0) is 4.79 Å². The van der Waals surface area contributed by atoms with E-state index in [0.29, 0.717) is 17.7 Å². The summed E-state index contributed by atoms with van der Waals surface area (Å²) >= 11 is 0. The van der Waals surface area contributed by atoms with Crippen molar-refractivity contribution in [2.75, 3.05) is 23.7 Å². The summed E-state index contributed by atoms with van der Waals surface area (Å²) in [5.41, 5.74) is 12.0. The normalized spacial score (nSPS) is 14.0. The summed E-state index contributed by atoms with van der Waals surface area (Å²) in [5.74, 6) is -0.623. The molecule has 0 bridgehead atoms. The van der Waals surface area contributed by atoms with E-state index in [2.05, 4.69) is 20.6 Å². The predicted molar refractivity (Wildman–Crippen MR) is 117 cm³/mol. The molecule has 1 atom stereocenters. The second-order valence-corrected chi connectivity index (χ2v) is 7.89. The van der Waals surface area contributed by atoms with Crippen molar-refractivity contribution in [2.24, 2.45) is 17.4 Å². The summed E-state index contributed by atoms with van der Waals surface area (Å²) in [6.45, 7) is 5.50. The summed E-state index contributed by atoms with van der Waals surface area (Å²) < 4.78 is 0. The van der Waals surface area contributed by atoms with Crippen molar-refractivity contribution < 1.29 is 14.4 Å². The van der Waals surface area contributed by atoms with E-state index in [9.17, 15) is 14.4 Å². The fourth-order valence-electron chi connectivity index (χ4n) is 3.16. The fourth-order valence-corrected chi connectivity index (χ4v) is 3.16. The van der Waals surface area contributed by atoms with E-state index < -0.39 is 17.9 Å². The Labute approximate surface area is 180 Å². The minimum absolute atomic E-state index is 0.00994. The second kappa shape index (κ2) is 9.41. The zero-order valence-corrected chi connectivity index (χ0v) is 17.6. The van der Waals surface area contributed by atoms with E-state index in [4.69, 9.17) is 11.5 Å². The van der Waals surface area contributed by atoms with Gasteiger partial charge in [0.05, 0.1) is 6.20 Å². The quantitative estimate of drug-likeness (QED) is 0.474. The van der Waals surface area contributed by atoms with Crippen LogP contribution in [0.2, 0.25) is 0 Å². The molecule has 1 aliphatic rings. The number of nitrogens with one attached hydrogen (secondary N) is 2. The predicted octanol–water partition coefficient (Wildman–Crippen LogP) is 1.48. The Bertz CT molecular complexity index is 971. The zero-order valence-electron chi connectivity index (χ0n) is 17.6. The van der Waals surface area contributed by atoms with Gasteiger partial charge in [0.25, 0.3) is 11.8 Å². The maximum absolute atomic E-state index is 12.3. The second-order valence-electron chi connectivity index (χ2n) is 7.89. The molecule has 0 radical (unpaired) electrons. The number of rotatable bonds is 9. The standard InChI is InChI=1S/C21H27N7O3/c1-12(2)10-15(18(22)29)26-16-11-24-17(19(23)30)20(27-16)25-14-6-4-13(5-7-14)21(31)28-8-3-9-28/h4-7,11-12,15H,3,8-10H2,1-2H3,(H2,22,29)(H2,23,30)(H2,25,26,27)/t15-/m1/s1. The van der Waals surface area contributed by atoms with Gasteiger partial charge in [0.2, 0.25) is 5.91 Å². The third-order valence-electron chi connectivity index (χ3n) is 4.92. The fraction of sp³-hybridized carbons (Fsp3) is 0.381. The number of anilines is 3. The van der Waals surface area contributed by atoms with Crippen molar-refractivity contribution in [3.63, 3.8) is 0 Å². The molecule has 2 heterocycles. The Balaban J connectivity index is 1.80. The SMILES string of the molecule is CC(C)C[C@@H](Nc1cnc(C(N)=O)c(Nc2ccc(C(=O)N3CCC3)cc2)n1)C(N)=O. The van der Waals surface area contributed by atoms with Crippen molar-refractivity contribution in [1.29, 1.82) is 0 Å². The minimum Gasteiger partial charge on any atom is -0.368 e. The van der Waals surface area contributed by atoms with Crippen LogP contribution in [0.4, 0.5) is 17.3 Å². The molecule has 1 aromatic carbocycles. The molecule has 164 valence electrons. The number of primary amides is 2. The van der Waals surface area contributed by atoms with Gasteiger partial charge in [-0.15, -0.1) is 0 Å². The van der Waals surface area contributed by atoms with E-state index in [1.807, 2.05) is 13.8 Å². The lowest BCUT2D eigenvalue weighted by Crippen LogP contribution is -2.41. The summed E-state index contributed by atoms with van der Waals surface area (Å²) in [6, 6.07) is 6.20. The Hall–Kier alpha value is -3.69. The highest BCUT2D eigenvalue weighted by molar-refractivity contribution is 5.97. The van der Waals surface area contributed by atoms with Crippen molar-refractivity contribution in [1.82, 2.24) is 14.9 Å². The molecule has 0 saturated carbocycles. The number of likely N-dealkylation sites (tertiary alicyclic amines) is 1. The van der Waals surface area contributed by atoms with Crippen LogP contribution in [-0.4, -0.2) is 51.7 Å². The summed E-state index contributed by atoms with van der Waals surface area (Å²) in [7, 11) is 0. The summed E-state index contributed by atoms with van der Waals surface area (Å²) in [6.07, 6.45) is 2.87. The van der Waals surface area contributed by atoms with Gasteiger partial charge >= 0.3 is 0 Å². The van der Waals surface area contributed by atoms with Gasteiger partial charge in [-0.05, 0) is 43.0 Å². The molecule has 1 aliphatic heterocycles. The first-order chi connectivity index (χ1) is 14.7. The molecule has 1 fully saturated rings. The number of carbonyl (C=O) groups is 3. The molecule has 10 heteroatoms. The number of amides is 3. The van der Waals surface area contributed by atoms with Gasteiger partial charge in [0.15, 0.2) is 11.5 Å². The number of hydrogen-bond acceptors (Lipinski definition) is 7. The van der Waals surface area contributed by atoms with Crippen LogP contribution in [0.15, 0.2) is 30.5 Å². The first-order valence-electron chi connectivity index (χ1n) is 10.1. The molecule has 3 rings (SSSR count). The monoisotopic (exact) mass is 425 g/mol. The average Bonchev–Trinajstić information content (AvgIpc) is 2.66. The van der Waals surface area contributed by atoms with E-state index in [-0.39, 0.29) is 29.2 Å². The molecule has 10 nitrogen and oxygen atoms in total. The Morgan fingerprint density at radius 2 is 1.81 bits per heavy atom. The van der Waals surface area contributed by atoms with Crippen LogP contribution in [0.5, 0.6) is 0 Å². The van der Waals surface area contributed by atoms with E-state index in [1.165, 1.54) is 6.20 Å². The van der Waals surface area contributed by atoms with Crippen LogP contribution < -0.4 is 22.1 Å². The smallest absolute Gasteiger partial charge is 0.271 e. The third kappa shape index (κ3) is 5.47. The number of hydrogen-bond donors (Lipinski definition) is 4. The number of benzene rings is 1. The molecule has 3 amide bonds. The van der Waals surface area contributed by atoms with Crippen molar-refractivity contribution in [2.45, 2.75) is 32.7 Å². The Morgan fingerprint density at radius 1 is 1.13 bits per heavy atom. The molecule has 2 aromatic rings. The molecule has 1 saturated heterocycles. The van der Waals surface area contributed by atoms with Gasteiger partial charge < -0.3 is 27.0 Å². The molecule has 31 heavy (non-hydrogen) atoms. The number of aromatic nitrogens is 2. The van der Waals surface area contributed by atoms with Gasteiger partial charge in [-0.3, -0.25) is 14.4 Å². The van der Waals surface area contributed by atoms with Crippen molar-refractivity contribution in [3.8, 4) is 0 Å². The van der Waals surface area contributed by atoms with Gasteiger partial charge in [-0.1, -0.05) is 13.8 Å². The highest BCUT2D eigenvalue weighted by Crippen LogP contribution is 2.22. The summed E-state index contributed by atoms with van der Waals surface area (Å²) in [5, 5.41) is 5.97. The summed E-state index contributed by atoms with van der Waals surface area (Å²) in [4.78, 5) is 46.0. The number of nitrogens with two attached hydrogens (primary N) is 2. The van der Waals surface area contributed by atoms with Crippen molar-refractivity contribution >= 4 is 35.0 Å². The third-order valence-corrected chi connectivity index (χ3v) is 4.92. The first-order valence-corrected chi connectivity index (χ1v) is 10.1. The van der Waals surface area contributed by atoms with Gasteiger partial charge in [0.1, 0.15) is 11.9 Å². The lowest BCUT2D eigenvalue weighted by atomic mass is 10.0. The van der Waals surface area contributed by atoms with Crippen LogP contribution in [0.3, 0.4) is 0 Å². The Morgan fingerprint density at radius 3 is 2.32 bits per heavy atom. The topological polar surface area (TPSA) is 156 Å². The van der Waals surface area contributed by atoms with Gasteiger partial charge in [-0.25, -0.2) is 9.97 Å². The maximum Gasteiger partial charge on any atom is 0.271 e. The molecule has 0 aliphatic carbocycles. The first kappa shape index (κ1) is 22.0. The van der Waals surface area contributed by atoms with Crippen LogP contribution >= 0.6 is 0 Å². The van der Waals surface area contributed by atoms with Crippen LogP contribution in [0.25, 0.3) is 0 Å². The largest absolute Gasteiger partial charge is 0.368 e. The zero-order chi connectivity index (χ0) is 22.5. The minimum atomic E-state index is -0.750. The lowest BCUT2D eigenvalue weighted by molar-refractivity contribution is -0.119. The van der Waals surface area contributed by atoms with E-state index in [0.717, 1.165) is 19.5 Å². The molecule has 1 aromatic heterocycles. The highest BCUT2D eigenvalue weighted by Gasteiger charge is 2.22. The Kier molecular flexibility index (Phi) is 6.68. The molecule has 0 spiro atoms. The molecule has 0 unspecified atom stereocenters. The molecular weight excluding hydrogens is 398 g/mol. The maximum atomic E-state index is 12.3. The highest BCUT2D eigenvalue weighted by atomic mass is 16.2. The van der Waals surface area contributed by atoms with Crippen LogP contribution in [0, 0.1) is 5.92 Å². The van der Waals surface area contributed by atoms with Crippen LogP contribution in [0.1, 0.15) is 47.5 Å². The van der Waals surface area contributed by atoms with Crippen molar-refractivity contribution in [3.05, 3.63) is 41.7 Å². The number of carbonyl (C=O) groups excluding carboxylic acids is 3. The van der Waals surface area contributed by atoms with E-state index >= 15 is 0 Å².